The molecule has 0 N–H and O–H groups in total. The van der Waals surface area contributed by atoms with E-state index < -0.39 is 17.2 Å². The molecule has 0 heterocycles. The van der Waals surface area contributed by atoms with Crippen LogP contribution in [0, 0.1) is 28.6 Å². The number of esters is 3. The van der Waals surface area contributed by atoms with Crippen molar-refractivity contribution in [3.8, 4) is 17.2 Å². The van der Waals surface area contributed by atoms with Gasteiger partial charge in [-0.15, -0.1) is 0 Å². The number of rotatable bonds is 12. The minimum absolute atomic E-state index is 0.255. The molecule has 0 radical (unpaired) electrons. The third-order valence-corrected chi connectivity index (χ3v) is 10.1. The summed E-state index contributed by atoms with van der Waals surface area (Å²) in [4.78, 5) is 37.9. The Bertz CT molecular complexity index is 1570. The van der Waals surface area contributed by atoms with E-state index in [2.05, 4.69) is 86.4 Å². The molecule has 4 rings (SSSR count). The van der Waals surface area contributed by atoms with Crippen molar-refractivity contribution >= 4 is 36.6 Å². The summed E-state index contributed by atoms with van der Waals surface area (Å²) in [6.45, 7) is 34.7. The molecule has 2 aromatic rings. The minimum atomic E-state index is -0.745. The topological polar surface area (TPSA) is 88.1 Å². The van der Waals surface area contributed by atoms with Gasteiger partial charge in [0.15, 0.2) is 0 Å². The molecule has 2 fully saturated rings. The van der Waals surface area contributed by atoms with Crippen LogP contribution in [0.3, 0.4) is 0 Å². The number of carbonyl (C=O) groups is 3. The lowest BCUT2D eigenvalue weighted by molar-refractivity contribution is -0.154. The first-order valence-electron chi connectivity index (χ1n) is 21.3. The molecule has 7 nitrogen and oxygen atoms in total. The average molecular weight is 823 g/mol. The molecule has 0 aliphatic heterocycles. The summed E-state index contributed by atoms with van der Waals surface area (Å²) in [6.07, 6.45) is 12.1. The monoisotopic (exact) mass is 823 g/mol. The molecule has 8 heteroatoms. The van der Waals surface area contributed by atoms with Crippen LogP contribution in [-0.4, -0.2) is 35.4 Å². The zero-order chi connectivity index (χ0) is 44.5. The molecule has 2 aliphatic rings. The van der Waals surface area contributed by atoms with Crippen LogP contribution in [0.15, 0.2) is 61.7 Å². The summed E-state index contributed by atoms with van der Waals surface area (Å²) >= 11 is 3.53. The molecule has 0 saturated heterocycles. The van der Waals surface area contributed by atoms with E-state index in [-0.39, 0.29) is 23.8 Å². The average Bonchev–Trinajstić information content (AvgIpc) is 3.15. The molecular weight excluding hydrogens is 745 g/mol. The van der Waals surface area contributed by atoms with E-state index in [0.717, 1.165) is 17.6 Å². The fourth-order valence-electron chi connectivity index (χ4n) is 7.63. The van der Waals surface area contributed by atoms with Gasteiger partial charge in [0, 0.05) is 18.1 Å². The molecule has 2 aliphatic carbocycles. The molecule has 2 saturated carbocycles. The highest BCUT2D eigenvalue weighted by atomic mass is 32.1. The van der Waals surface area contributed by atoms with Gasteiger partial charge in [0.25, 0.3) is 0 Å². The Balaban J connectivity index is 0.00000171. The van der Waals surface area contributed by atoms with Gasteiger partial charge in [0.1, 0.15) is 28.5 Å². The minimum Gasteiger partial charge on any atom is -0.488 e. The molecule has 0 unspecified atom stereocenters. The van der Waals surface area contributed by atoms with Crippen molar-refractivity contribution in [2.45, 2.75) is 165 Å². The van der Waals surface area contributed by atoms with Gasteiger partial charge in [-0.1, -0.05) is 87.6 Å². The zero-order valence-electron chi connectivity index (χ0n) is 38.6. The molecule has 326 valence electrons. The highest BCUT2D eigenvalue weighted by Crippen LogP contribution is 2.44. The molecule has 0 spiro atoms. The quantitative estimate of drug-likeness (QED) is 0.0987. The van der Waals surface area contributed by atoms with Crippen molar-refractivity contribution in [3.05, 3.63) is 72.8 Å². The summed E-state index contributed by atoms with van der Waals surface area (Å²) < 4.78 is 23.2. The maximum atomic E-state index is 13.2. The summed E-state index contributed by atoms with van der Waals surface area (Å²) in [6, 6.07) is 13.1. The predicted molar refractivity (Wildman–Crippen MR) is 245 cm³/mol. The summed E-state index contributed by atoms with van der Waals surface area (Å²) in [7, 11) is 0. The van der Waals surface area contributed by atoms with Gasteiger partial charge in [0.2, 0.25) is 0 Å². The van der Waals surface area contributed by atoms with Gasteiger partial charge in [-0.05, 0) is 150 Å². The SMILES string of the molecule is C=CC(=O)OC(C)(C)CC(C)(C)Oc1ccc(OC(=O)C2CCC(C(=O)Oc3ccc(C4CCC(C(C)(C)C)CC4)cc3C=C)CC2)cc1.CC.CC(C)(C)C.CS. The van der Waals surface area contributed by atoms with Crippen molar-refractivity contribution in [2.75, 3.05) is 6.26 Å². The van der Waals surface area contributed by atoms with E-state index in [9.17, 15) is 14.4 Å². The predicted octanol–water partition coefficient (Wildman–Crippen LogP) is 13.6. The normalized spacial score (nSPS) is 19.5. The lowest BCUT2D eigenvalue weighted by atomic mass is 9.68. The number of hydrogen-bond acceptors (Lipinski definition) is 8. The standard InChI is InChI=1S/C42H56O7.C5H12.C2H6.CH4S/c1-10-28-26-32(29-16-19-33(20-17-29)40(3,4)5)18-25-36(28)47-39(45)31-14-12-30(13-15-31)38(44)46-34-21-23-35(24-22-34)48-41(6,7)27-42(8,9)49-37(43)11-2;1-5(2,3)4;2*1-2/h10-11,18,21-26,29-31,33H,1-2,12-17,19-20,27H2,3-9H3;1-4H3;1-2H3;2H,1H3. The lowest BCUT2D eigenvalue weighted by Crippen LogP contribution is -2.40. The van der Waals surface area contributed by atoms with Crippen molar-refractivity contribution in [3.63, 3.8) is 0 Å². The van der Waals surface area contributed by atoms with Crippen LogP contribution in [0.25, 0.3) is 6.08 Å². The van der Waals surface area contributed by atoms with E-state index in [0.29, 0.717) is 66.1 Å². The van der Waals surface area contributed by atoms with Gasteiger partial charge >= 0.3 is 17.9 Å². The van der Waals surface area contributed by atoms with E-state index in [1.165, 1.54) is 31.2 Å². The smallest absolute Gasteiger partial charge is 0.330 e. The van der Waals surface area contributed by atoms with Gasteiger partial charge in [-0.25, -0.2) is 4.79 Å². The van der Waals surface area contributed by atoms with Crippen molar-refractivity contribution in [2.24, 2.45) is 28.6 Å². The van der Waals surface area contributed by atoms with Crippen molar-refractivity contribution < 1.29 is 33.3 Å². The second-order valence-electron chi connectivity index (χ2n) is 19.2. The van der Waals surface area contributed by atoms with Crippen LogP contribution < -0.4 is 14.2 Å². The van der Waals surface area contributed by atoms with E-state index in [1.807, 2.05) is 47.6 Å². The Morgan fingerprint density at radius 3 is 1.59 bits per heavy atom. The first-order chi connectivity index (χ1) is 27.0. The second-order valence-corrected chi connectivity index (χ2v) is 19.2. The van der Waals surface area contributed by atoms with Crippen LogP contribution >= 0.6 is 12.6 Å². The van der Waals surface area contributed by atoms with E-state index in [1.54, 1.807) is 36.6 Å². The van der Waals surface area contributed by atoms with Gasteiger partial charge in [-0.2, -0.15) is 12.6 Å². The number of hydrogen-bond donors (Lipinski definition) is 1. The first-order valence-corrected chi connectivity index (χ1v) is 22.2. The van der Waals surface area contributed by atoms with Gasteiger partial charge in [0.05, 0.1) is 11.8 Å². The molecule has 0 bridgehead atoms. The Hall–Kier alpha value is -3.52. The van der Waals surface area contributed by atoms with Gasteiger partial charge in [-0.3, -0.25) is 9.59 Å². The fraction of sp³-hybridized carbons (Fsp3) is 0.620. The van der Waals surface area contributed by atoms with Crippen LogP contribution in [0.2, 0.25) is 0 Å². The Kier molecular flexibility index (Phi) is 21.6. The molecule has 0 amide bonds. The van der Waals surface area contributed by atoms with Crippen LogP contribution in [0.1, 0.15) is 165 Å². The molecular formula is C50H78O7S. The lowest BCUT2D eigenvalue weighted by Gasteiger charge is -2.37. The second kappa shape index (κ2) is 23.9. The van der Waals surface area contributed by atoms with Crippen LogP contribution in [-0.2, 0) is 19.1 Å². The Labute approximate surface area is 358 Å². The highest BCUT2D eigenvalue weighted by Gasteiger charge is 2.35. The molecule has 58 heavy (non-hydrogen) atoms. The van der Waals surface area contributed by atoms with E-state index >= 15 is 0 Å². The van der Waals surface area contributed by atoms with Crippen LogP contribution in [0.4, 0.5) is 0 Å². The third-order valence-electron chi connectivity index (χ3n) is 10.1. The van der Waals surface area contributed by atoms with Crippen molar-refractivity contribution in [1.29, 1.82) is 0 Å². The van der Waals surface area contributed by atoms with E-state index in [4.69, 9.17) is 18.9 Å². The van der Waals surface area contributed by atoms with Gasteiger partial charge < -0.3 is 18.9 Å². The van der Waals surface area contributed by atoms with Crippen molar-refractivity contribution in [1.82, 2.24) is 0 Å². The maximum Gasteiger partial charge on any atom is 0.330 e. The molecule has 0 aromatic heterocycles. The first kappa shape index (κ1) is 52.5. The molecule has 0 atom stereocenters. The Morgan fingerprint density at radius 2 is 1.14 bits per heavy atom. The number of carbonyl (C=O) groups excluding carboxylic acids is 3. The third kappa shape index (κ3) is 19.0. The summed E-state index contributed by atoms with van der Waals surface area (Å²) in [5.41, 5.74) is 1.61. The summed E-state index contributed by atoms with van der Waals surface area (Å²) in [5, 5.41) is 0. The Morgan fingerprint density at radius 1 is 0.672 bits per heavy atom. The fourth-order valence-corrected chi connectivity index (χ4v) is 7.63. The number of benzene rings is 2. The zero-order valence-corrected chi connectivity index (χ0v) is 39.5. The highest BCUT2D eigenvalue weighted by molar-refractivity contribution is 7.79. The number of ether oxygens (including phenoxy) is 4. The number of thiol groups is 1. The van der Waals surface area contributed by atoms with Crippen LogP contribution in [0.5, 0.6) is 17.2 Å². The molecule has 2 aromatic carbocycles. The largest absolute Gasteiger partial charge is 0.488 e. The maximum absolute atomic E-state index is 13.2. The summed E-state index contributed by atoms with van der Waals surface area (Å²) in [5.74, 6) is 1.28.